The maximum atomic E-state index is 10.8. The summed E-state index contributed by atoms with van der Waals surface area (Å²) in [6, 6.07) is 13.6. The molecule has 7 nitrogen and oxygen atoms in total. The molecule has 1 aromatic carbocycles. The third-order valence-corrected chi connectivity index (χ3v) is 5.16. The van der Waals surface area contributed by atoms with Gasteiger partial charge in [-0.2, -0.15) is 10.2 Å². The van der Waals surface area contributed by atoms with Crippen LogP contribution in [0.3, 0.4) is 0 Å². The van der Waals surface area contributed by atoms with Crippen LogP contribution in [0.15, 0.2) is 67.3 Å². The molecule has 0 fully saturated rings. The normalized spacial score (nSPS) is 12.5. The number of aromatic amines is 1. The molecule has 2 N–H and O–H groups in total. The molecule has 0 bridgehead atoms. The second-order valence-corrected chi connectivity index (χ2v) is 7.12. The van der Waals surface area contributed by atoms with E-state index in [0.717, 1.165) is 44.7 Å². The molecule has 0 saturated heterocycles. The van der Waals surface area contributed by atoms with Gasteiger partial charge in [0.05, 0.1) is 17.6 Å². The maximum absolute atomic E-state index is 10.8. The summed E-state index contributed by atoms with van der Waals surface area (Å²) < 4.78 is 3.50. The van der Waals surface area contributed by atoms with Crippen LogP contribution in [0.5, 0.6) is 0 Å². The third kappa shape index (κ3) is 3.01. The molecule has 29 heavy (non-hydrogen) atoms. The molecule has 0 amide bonds. The Labute approximate surface area is 167 Å². The smallest absolute Gasteiger partial charge is 0.137 e. The van der Waals surface area contributed by atoms with Crippen LogP contribution in [-0.4, -0.2) is 34.6 Å². The lowest BCUT2D eigenvalue weighted by Gasteiger charge is -2.10. The van der Waals surface area contributed by atoms with Gasteiger partial charge >= 0.3 is 0 Å². The fraction of sp³-hybridized carbons (Fsp3) is 0.136. The Kier molecular flexibility index (Phi) is 4.03. The maximum Gasteiger partial charge on any atom is 0.137 e. The first kappa shape index (κ1) is 17.4. The summed E-state index contributed by atoms with van der Waals surface area (Å²) in [7, 11) is 3.74. The van der Waals surface area contributed by atoms with E-state index in [9.17, 15) is 5.11 Å². The minimum atomic E-state index is -0.739. The van der Waals surface area contributed by atoms with E-state index in [1.165, 1.54) is 0 Å². The Balaban J connectivity index is 1.57. The lowest BCUT2D eigenvalue weighted by atomic mass is 10.0. The number of rotatable bonds is 4. The summed E-state index contributed by atoms with van der Waals surface area (Å²) in [5.41, 5.74) is 6.10. The monoisotopic (exact) mass is 384 g/mol. The lowest BCUT2D eigenvalue weighted by Crippen LogP contribution is -2.06. The van der Waals surface area contributed by atoms with E-state index in [1.54, 1.807) is 9.36 Å². The van der Waals surface area contributed by atoms with Gasteiger partial charge in [-0.3, -0.25) is 9.36 Å². The second-order valence-electron chi connectivity index (χ2n) is 7.12. The molecule has 144 valence electrons. The first-order valence-corrected chi connectivity index (χ1v) is 9.33. The van der Waals surface area contributed by atoms with Gasteiger partial charge in [0.15, 0.2) is 0 Å². The lowest BCUT2D eigenvalue weighted by molar-refractivity contribution is 0.210. The predicted molar refractivity (Wildman–Crippen MR) is 111 cm³/mol. The van der Waals surface area contributed by atoms with Crippen molar-refractivity contribution in [2.75, 3.05) is 0 Å². The molecule has 7 heteroatoms. The molecule has 0 spiro atoms. The van der Waals surface area contributed by atoms with Crippen molar-refractivity contribution in [2.24, 2.45) is 14.1 Å². The minimum absolute atomic E-state index is 0.733. The van der Waals surface area contributed by atoms with Crippen LogP contribution >= 0.6 is 0 Å². The Hall–Kier alpha value is -3.71. The summed E-state index contributed by atoms with van der Waals surface area (Å²) in [6.07, 6.45) is 6.79. The van der Waals surface area contributed by atoms with E-state index < -0.39 is 6.10 Å². The highest BCUT2D eigenvalue weighted by molar-refractivity contribution is 5.94. The Bertz CT molecular complexity index is 1300. The molecule has 0 saturated carbocycles. The van der Waals surface area contributed by atoms with Crippen molar-refractivity contribution in [3.8, 4) is 22.4 Å². The zero-order valence-corrected chi connectivity index (χ0v) is 16.1. The van der Waals surface area contributed by atoms with Crippen LogP contribution in [0.25, 0.3) is 33.4 Å². The number of nitrogens with zero attached hydrogens (tertiary/aromatic N) is 5. The van der Waals surface area contributed by atoms with Crippen molar-refractivity contribution in [2.45, 2.75) is 6.10 Å². The highest BCUT2D eigenvalue weighted by atomic mass is 16.3. The van der Waals surface area contributed by atoms with Crippen molar-refractivity contribution in [1.82, 2.24) is 29.5 Å². The summed E-state index contributed by atoms with van der Waals surface area (Å²) >= 11 is 0. The van der Waals surface area contributed by atoms with Gasteiger partial charge in [0.1, 0.15) is 11.8 Å². The molecule has 0 radical (unpaired) electrons. The van der Waals surface area contributed by atoms with Gasteiger partial charge in [-0.1, -0.05) is 30.3 Å². The zero-order valence-electron chi connectivity index (χ0n) is 16.1. The molecule has 1 atom stereocenters. The molecule has 0 aliphatic rings. The molecule has 0 aliphatic carbocycles. The van der Waals surface area contributed by atoms with E-state index in [4.69, 9.17) is 0 Å². The molecular weight excluding hydrogens is 364 g/mol. The fourth-order valence-corrected chi connectivity index (χ4v) is 3.62. The largest absolute Gasteiger partial charge is 0.382 e. The minimum Gasteiger partial charge on any atom is -0.382 e. The van der Waals surface area contributed by atoms with Crippen molar-refractivity contribution in [3.63, 3.8) is 0 Å². The van der Waals surface area contributed by atoms with Crippen molar-refractivity contribution >= 4 is 11.0 Å². The van der Waals surface area contributed by atoms with Gasteiger partial charge < -0.3 is 10.1 Å². The Morgan fingerprint density at radius 1 is 1.03 bits per heavy atom. The number of nitrogens with one attached hydrogen (secondary N) is 1. The summed E-state index contributed by atoms with van der Waals surface area (Å²) in [4.78, 5) is 7.76. The first-order chi connectivity index (χ1) is 14.1. The van der Waals surface area contributed by atoms with Crippen molar-refractivity contribution < 1.29 is 5.11 Å². The standard InChI is InChI=1S/C22H20N6O/c1-27-13-16(11-25-27)15-8-17-18(12-24-22(17)23-10-15)19-9-20(28(2)26-19)21(29)14-6-4-3-5-7-14/h3-13,21,29H,1-2H3,(H,23,24). The average Bonchev–Trinajstić information content (AvgIpc) is 3.45. The number of aliphatic hydroxyl groups is 1. The average molecular weight is 384 g/mol. The molecule has 5 aromatic rings. The quantitative estimate of drug-likeness (QED) is 0.497. The van der Waals surface area contributed by atoms with Gasteiger partial charge in [0.25, 0.3) is 0 Å². The number of hydrogen-bond acceptors (Lipinski definition) is 4. The number of pyridine rings is 1. The van der Waals surface area contributed by atoms with E-state index in [1.807, 2.05) is 75.3 Å². The number of fused-ring (bicyclic) bond motifs is 1. The van der Waals surface area contributed by atoms with E-state index >= 15 is 0 Å². The summed E-state index contributed by atoms with van der Waals surface area (Å²) in [5, 5.41) is 20.7. The van der Waals surface area contributed by atoms with Crippen LogP contribution < -0.4 is 0 Å². The highest BCUT2D eigenvalue weighted by Crippen LogP contribution is 2.32. The van der Waals surface area contributed by atoms with Crippen LogP contribution in [0.4, 0.5) is 0 Å². The van der Waals surface area contributed by atoms with E-state index in [2.05, 4.69) is 26.2 Å². The zero-order chi connectivity index (χ0) is 20.0. The fourth-order valence-electron chi connectivity index (χ4n) is 3.62. The highest BCUT2D eigenvalue weighted by Gasteiger charge is 2.19. The number of H-pyrrole nitrogens is 1. The number of hydrogen-bond donors (Lipinski definition) is 2. The third-order valence-electron chi connectivity index (χ3n) is 5.16. The van der Waals surface area contributed by atoms with Crippen LogP contribution in [0, 0.1) is 0 Å². The molecule has 1 unspecified atom stereocenters. The predicted octanol–water partition coefficient (Wildman–Crippen LogP) is 3.45. The number of aliphatic hydroxyl groups excluding tert-OH is 1. The van der Waals surface area contributed by atoms with Crippen LogP contribution in [0.2, 0.25) is 0 Å². The van der Waals surface area contributed by atoms with Crippen LogP contribution in [0.1, 0.15) is 17.4 Å². The van der Waals surface area contributed by atoms with E-state index in [0.29, 0.717) is 0 Å². The van der Waals surface area contributed by atoms with E-state index in [-0.39, 0.29) is 0 Å². The topological polar surface area (TPSA) is 84.5 Å². The van der Waals surface area contributed by atoms with Gasteiger partial charge in [0.2, 0.25) is 0 Å². The number of aryl methyl sites for hydroxylation is 2. The molecular formula is C22H20N6O. The molecule has 0 aliphatic heterocycles. The second kappa shape index (κ2) is 6.72. The van der Waals surface area contributed by atoms with Crippen molar-refractivity contribution in [3.05, 3.63) is 78.5 Å². The summed E-state index contributed by atoms with van der Waals surface area (Å²) in [5.74, 6) is 0. The molecule has 4 heterocycles. The Morgan fingerprint density at radius 3 is 2.62 bits per heavy atom. The number of benzene rings is 1. The Morgan fingerprint density at radius 2 is 1.86 bits per heavy atom. The summed E-state index contributed by atoms with van der Waals surface area (Å²) in [6.45, 7) is 0. The SMILES string of the molecule is Cn1cc(-c2cnc3[nH]cc(-c4cc(C(O)c5ccccc5)n(C)n4)c3c2)cn1. The van der Waals surface area contributed by atoms with Gasteiger partial charge in [0, 0.05) is 54.8 Å². The van der Waals surface area contributed by atoms with Crippen LogP contribution in [-0.2, 0) is 14.1 Å². The first-order valence-electron chi connectivity index (χ1n) is 9.33. The molecule has 4 aromatic heterocycles. The number of aromatic nitrogens is 6. The van der Waals surface area contributed by atoms with Gasteiger partial charge in [-0.25, -0.2) is 4.98 Å². The van der Waals surface area contributed by atoms with Gasteiger partial charge in [-0.05, 0) is 17.7 Å². The van der Waals surface area contributed by atoms with Gasteiger partial charge in [-0.15, -0.1) is 0 Å². The molecule has 5 rings (SSSR count). The van der Waals surface area contributed by atoms with Crippen molar-refractivity contribution in [1.29, 1.82) is 0 Å².